The van der Waals surface area contributed by atoms with Crippen molar-refractivity contribution in [2.75, 3.05) is 28.4 Å². The van der Waals surface area contributed by atoms with Gasteiger partial charge in [-0.05, 0) is 71.5 Å². The number of aryl methyl sites for hydroxylation is 2. The zero-order valence-electron chi connectivity index (χ0n) is 26.0. The Kier molecular flexibility index (Phi) is 8.56. The first kappa shape index (κ1) is 30.6. The lowest BCUT2D eigenvalue weighted by Crippen LogP contribution is -2.13. The van der Waals surface area contributed by atoms with E-state index in [9.17, 15) is 14.4 Å². The number of ether oxygens (including phenoxy) is 4. The van der Waals surface area contributed by atoms with Crippen molar-refractivity contribution < 1.29 is 28.2 Å². The lowest BCUT2D eigenvalue weighted by atomic mass is 9.95. The molecule has 2 heterocycles. The van der Waals surface area contributed by atoms with Gasteiger partial charge in [0.1, 0.15) is 11.4 Å². The van der Waals surface area contributed by atoms with Crippen LogP contribution in [0.15, 0.2) is 74.8 Å². The van der Waals surface area contributed by atoms with Gasteiger partial charge in [-0.25, -0.2) is 9.48 Å². The molecule has 11 nitrogen and oxygen atoms in total. The van der Waals surface area contributed by atoms with Crippen LogP contribution in [0.2, 0.25) is 0 Å². The number of carbonyl (C=O) groups excluding carboxylic acids is 1. The van der Waals surface area contributed by atoms with Crippen molar-refractivity contribution >= 4 is 16.8 Å². The third-order valence-electron chi connectivity index (χ3n) is 8.31. The van der Waals surface area contributed by atoms with Gasteiger partial charge >= 0.3 is 5.63 Å². The Labute approximate surface area is 264 Å². The van der Waals surface area contributed by atoms with Gasteiger partial charge in [-0.3, -0.25) is 9.59 Å². The standard InChI is InChI=1S/C35H33N3O8/c1-42-30-13-10-25-26(18-28(30)40)27(11-6-22-17-31(43-2)34(44-3)35(45-4)33(22)25)38-19-23(36-37-38)8-9-24(39)16-20-5-12-29-21(15-20)7-14-32(41)46-29/h5,7,10,12-15,17-19,27H,6,8-9,11,16H2,1-4H3/t27-/m0/s1. The highest BCUT2D eigenvalue weighted by Crippen LogP contribution is 2.50. The van der Waals surface area contributed by atoms with E-state index in [0.717, 1.165) is 33.2 Å². The average molecular weight is 624 g/mol. The monoisotopic (exact) mass is 623 g/mol. The van der Waals surface area contributed by atoms with Gasteiger partial charge in [0.25, 0.3) is 0 Å². The summed E-state index contributed by atoms with van der Waals surface area (Å²) in [4.78, 5) is 37.6. The summed E-state index contributed by atoms with van der Waals surface area (Å²) in [6.07, 6.45) is 4.00. The van der Waals surface area contributed by atoms with Crippen LogP contribution in [-0.2, 0) is 24.1 Å². The maximum atomic E-state index is 13.2. The molecule has 0 aliphatic heterocycles. The quantitative estimate of drug-likeness (QED) is 0.201. The number of hydrogen-bond acceptors (Lipinski definition) is 10. The van der Waals surface area contributed by atoms with E-state index < -0.39 is 5.63 Å². The highest BCUT2D eigenvalue weighted by Gasteiger charge is 2.30. The van der Waals surface area contributed by atoms with E-state index in [1.54, 1.807) is 56.3 Å². The van der Waals surface area contributed by atoms with Gasteiger partial charge in [-0.15, -0.1) is 5.10 Å². The van der Waals surface area contributed by atoms with Crippen molar-refractivity contribution in [1.29, 1.82) is 0 Å². The van der Waals surface area contributed by atoms with Crippen LogP contribution >= 0.6 is 0 Å². The lowest BCUT2D eigenvalue weighted by Gasteiger charge is -2.19. The van der Waals surface area contributed by atoms with Crippen LogP contribution in [0.5, 0.6) is 23.0 Å². The third kappa shape index (κ3) is 5.83. The summed E-state index contributed by atoms with van der Waals surface area (Å²) in [7, 11) is 6.18. The minimum absolute atomic E-state index is 0.0478. The third-order valence-corrected chi connectivity index (χ3v) is 8.31. The maximum absolute atomic E-state index is 13.2. The second-order valence-electron chi connectivity index (χ2n) is 11.0. The molecule has 1 atom stereocenters. The fraction of sp³-hybridized carbons (Fsp3) is 0.286. The lowest BCUT2D eigenvalue weighted by molar-refractivity contribution is -0.118. The van der Waals surface area contributed by atoms with Crippen molar-refractivity contribution in [3.05, 3.63) is 104 Å². The Balaban J connectivity index is 1.29. The molecule has 0 bridgehead atoms. The molecule has 5 aromatic rings. The minimum atomic E-state index is -0.413. The predicted molar refractivity (Wildman–Crippen MR) is 170 cm³/mol. The summed E-state index contributed by atoms with van der Waals surface area (Å²) in [6.45, 7) is 0. The molecule has 236 valence electrons. The van der Waals surface area contributed by atoms with E-state index in [1.165, 1.54) is 13.2 Å². The van der Waals surface area contributed by atoms with Gasteiger partial charge in [0.05, 0.1) is 40.2 Å². The number of fused-ring (bicyclic) bond motifs is 4. The average Bonchev–Trinajstić information content (AvgIpc) is 3.40. The minimum Gasteiger partial charge on any atom is -0.493 e. The Hall–Kier alpha value is -5.45. The van der Waals surface area contributed by atoms with Crippen molar-refractivity contribution in [2.24, 2.45) is 0 Å². The summed E-state index contributed by atoms with van der Waals surface area (Å²) in [5, 5.41) is 9.60. The van der Waals surface area contributed by atoms with Gasteiger partial charge in [0, 0.05) is 42.5 Å². The van der Waals surface area contributed by atoms with Crippen LogP contribution in [-0.4, -0.2) is 49.2 Å². The molecule has 0 N–H and O–H groups in total. The van der Waals surface area contributed by atoms with Gasteiger partial charge in [-0.2, -0.15) is 0 Å². The summed E-state index contributed by atoms with van der Waals surface area (Å²) < 4.78 is 29.5. The van der Waals surface area contributed by atoms with Gasteiger partial charge in [-0.1, -0.05) is 17.3 Å². The Morgan fingerprint density at radius 3 is 2.48 bits per heavy atom. The molecule has 0 fully saturated rings. The number of rotatable bonds is 10. The van der Waals surface area contributed by atoms with Crippen LogP contribution < -0.4 is 30.0 Å². The summed E-state index contributed by atoms with van der Waals surface area (Å²) in [6, 6.07) is 15.1. The van der Waals surface area contributed by atoms with E-state index in [0.29, 0.717) is 47.8 Å². The van der Waals surface area contributed by atoms with Crippen molar-refractivity contribution in [3.63, 3.8) is 0 Å². The molecule has 1 aliphatic rings. The molecule has 3 aromatic carbocycles. The largest absolute Gasteiger partial charge is 0.493 e. The molecule has 6 rings (SSSR count). The van der Waals surface area contributed by atoms with Crippen LogP contribution in [0.3, 0.4) is 0 Å². The van der Waals surface area contributed by atoms with Gasteiger partial charge in [0.2, 0.25) is 11.2 Å². The normalized spacial score (nSPS) is 13.8. The van der Waals surface area contributed by atoms with E-state index >= 15 is 0 Å². The topological polar surface area (TPSA) is 132 Å². The zero-order chi connectivity index (χ0) is 32.4. The van der Waals surface area contributed by atoms with Crippen LogP contribution in [0, 0.1) is 0 Å². The number of nitrogens with zero attached hydrogens (tertiary/aromatic N) is 3. The summed E-state index contributed by atoms with van der Waals surface area (Å²) in [5.41, 5.74) is 4.59. The second-order valence-corrected chi connectivity index (χ2v) is 11.0. The second kappa shape index (κ2) is 12.9. The molecule has 11 heteroatoms. The van der Waals surface area contributed by atoms with Crippen LogP contribution in [0.4, 0.5) is 0 Å². The fourth-order valence-corrected chi connectivity index (χ4v) is 6.12. The highest BCUT2D eigenvalue weighted by molar-refractivity contribution is 5.84. The SMILES string of the molecule is COc1cc2c(c(OC)c1OC)-c1ccc(OC)c(=O)cc1[C@@H](n1cc(CCC(=O)Cc3ccc4oc(=O)ccc4c3)nn1)CC2. The first-order valence-corrected chi connectivity index (χ1v) is 14.8. The van der Waals surface area contributed by atoms with Crippen molar-refractivity contribution in [1.82, 2.24) is 15.0 Å². The number of carbonyl (C=O) groups is 1. The van der Waals surface area contributed by atoms with Gasteiger partial charge in [0.15, 0.2) is 17.2 Å². The molecule has 0 saturated carbocycles. The number of ketones is 1. The molecule has 0 amide bonds. The molecule has 0 unspecified atom stereocenters. The van der Waals surface area contributed by atoms with Gasteiger partial charge < -0.3 is 23.4 Å². The molecule has 0 saturated heterocycles. The number of methoxy groups -OCH3 is 4. The molecule has 0 radical (unpaired) electrons. The first-order valence-electron chi connectivity index (χ1n) is 14.8. The molecule has 0 spiro atoms. The Morgan fingerprint density at radius 2 is 1.72 bits per heavy atom. The summed E-state index contributed by atoms with van der Waals surface area (Å²) in [5.74, 6) is 1.76. The molecule has 2 aromatic heterocycles. The van der Waals surface area contributed by atoms with Crippen LogP contribution in [0.1, 0.15) is 41.3 Å². The molecular formula is C35H33N3O8. The number of hydrogen-bond donors (Lipinski definition) is 0. The van der Waals surface area contributed by atoms with E-state index in [2.05, 4.69) is 10.3 Å². The fourth-order valence-electron chi connectivity index (χ4n) is 6.12. The van der Waals surface area contributed by atoms with Crippen molar-refractivity contribution in [2.45, 2.75) is 38.1 Å². The maximum Gasteiger partial charge on any atom is 0.336 e. The van der Waals surface area contributed by atoms with Crippen molar-refractivity contribution in [3.8, 4) is 34.1 Å². The number of Topliss-reactive ketones (excluding diaryl/α,β-unsaturated/α-hetero) is 1. The molecular weight excluding hydrogens is 590 g/mol. The predicted octanol–water partition coefficient (Wildman–Crippen LogP) is 4.73. The highest BCUT2D eigenvalue weighted by atomic mass is 16.5. The molecule has 46 heavy (non-hydrogen) atoms. The number of benzene rings is 2. The summed E-state index contributed by atoms with van der Waals surface area (Å²) >= 11 is 0. The smallest absolute Gasteiger partial charge is 0.336 e. The van der Waals surface area contributed by atoms with E-state index in [1.807, 2.05) is 24.4 Å². The Bertz CT molecular complexity index is 2070. The molecule has 1 aliphatic carbocycles. The first-order chi connectivity index (χ1) is 22.3. The number of aromatic nitrogens is 3. The Morgan fingerprint density at radius 1 is 0.913 bits per heavy atom. The zero-order valence-corrected chi connectivity index (χ0v) is 26.0. The van der Waals surface area contributed by atoms with Crippen LogP contribution in [0.25, 0.3) is 22.1 Å². The van der Waals surface area contributed by atoms with E-state index in [4.69, 9.17) is 23.4 Å². The van der Waals surface area contributed by atoms with E-state index in [-0.39, 0.29) is 35.8 Å².